The molecule has 0 aliphatic heterocycles. The van der Waals surface area contributed by atoms with Crippen LogP contribution in [-0.2, 0) is 0 Å². The zero-order chi connectivity index (χ0) is 18.6. The molecule has 2 amide bonds. The third-order valence-electron chi connectivity index (χ3n) is 3.30. The Balaban J connectivity index is 1.92. The second kappa shape index (κ2) is 8.77. The molecule has 1 atom stereocenters. The smallest absolute Gasteiger partial charge is 0.253 e. The Morgan fingerprint density at radius 2 is 1.36 bits per heavy atom. The molecule has 2 rings (SSSR count). The lowest BCUT2D eigenvalue weighted by Crippen LogP contribution is -2.42. The molecule has 2 N–H and O–H groups in total. The highest BCUT2D eigenvalue weighted by Gasteiger charge is 2.15. The van der Waals surface area contributed by atoms with E-state index in [1.54, 1.807) is 25.1 Å². The molecule has 0 aliphatic carbocycles. The summed E-state index contributed by atoms with van der Waals surface area (Å²) < 4.78 is 0. The molecule has 132 valence electrons. The van der Waals surface area contributed by atoms with Gasteiger partial charge in [0.1, 0.15) is 0 Å². The summed E-state index contributed by atoms with van der Waals surface area (Å²) in [5.41, 5.74) is 0.621. The average Bonchev–Trinajstić information content (AvgIpc) is 2.52. The summed E-state index contributed by atoms with van der Waals surface area (Å²) in [5, 5.41) is 6.87. The summed E-state index contributed by atoms with van der Waals surface area (Å²) in [7, 11) is 0. The number of hydrogen-bond acceptors (Lipinski definition) is 2. The van der Waals surface area contributed by atoms with Crippen LogP contribution in [-0.4, -0.2) is 24.4 Å². The van der Waals surface area contributed by atoms with Gasteiger partial charge in [-0.05, 0) is 43.3 Å². The van der Waals surface area contributed by atoms with Gasteiger partial charge in [-0.15, -0.1) is 0 Å². The number of rotatable bonds is 5. The summed E-state index contributed by atoms with van der Waals surface area (Å²) >= 11 is 23.6. The van der Waals surface area contributed by atoms with Crippen LogP contribution in [0, 0.1) is 0 Å². The van der Waals surface area contributed by atoms with E-state index in [9.17, 15) is 9.59 Å². The SMILES string of the molecule is C[C@@H](CNC(=O)c1ccc(Cl)cc1Cl)NC(=O)c1ccc(Cl)cc1Cl. The highest BCUT2D eigenvalue weighted by molar-refractivity contribution is 6.37. The molecule has 0 radical (unpaired) electrons. The maximum absolute atomic E-state index is 12.2. The van der Waals surface area contributed by atoms with Crippen LogP contribution in [0.4, 0.5) is 0 Å². The van der Waals surface area contributed by atoms with Crippen molar-refractivity contribution >= 4 is 58.2 Å². The predicted octanol–water partition coefficient (Wildman–Crippen LogP) is 4.85. The number of amides is 2. The van der Waals surface area contributed by atoms with Crippen LogP contribution in [0.15, 0.2) is 36.4 Å². The first-order valence-electron chi connectivity index (χ1n) is 7.27. The Kier molecular flexibility index (Phi) is 6.96. The summed E-state index contributed by atoms with van der Waals surface area (Å²) in [6.07, 6.45) is 0. The molecule has 0 bridgehead atoms. The Morgan fingerprint density at radius 1 is 0.880 bits per heavy atom. The van der Waals surface area contributed by atoms with Gasteiger partial charge in [0, 0.05) is 22.6 Å². The number of benzene rings is 2. The fourth-order valence-electron chi connectivity index (χ4n) is 2.04. The molecule has 0 heterocycles. The second-order valence-corrected chi connectivity index (χ2v) is 7.02. The third kappa shape index (κ3) is 5.51. The van der Waals surface area contributed by atoms with E-state index in [0.29, 0.717) is 21.2 Å². The molecule has 0 aromatic heterocycles. The average molecular weight is 420 g/mol. The van der Waals surface area contributed by atoms with Crippen molar-refractivity contribution in [1.82, 2.24) is 10.6 Å². The van der Waals surface area contributed by atoms with Gasteiger partial charge >= 0.3 is 0 Å². The van der Waals surface area contributed by atoms with E-state index < -0.39 is 0 Å². The Morgan fingerprint density at radius 3 is 1.84 bits per heavy atom. The monoisotopic (exact) mass is 418 g/mol. The van der Waals surface area contributed by atoms with Crippen LogP contribution in [0.3, 0.4) is 0 Å². The molecule has 0 aliphatic rings. The van der Waals surface area contributed by atoms with Crippen molar-refractivity contribution in [2.24, 2.45) is 0 Å². The van der Waals surface area contributed by atoms with Gasteiger partial charge in [-0.25, -0.2) is 0 Å². The molecular weight excluding hydrogens is 406 g/mol. The fraction of sp³-hybridized carbons (Fsp3) is 0.176. The number of carbonyl (C=O) groups excluding carboxylic acids is 2. The van der Waals surface area contributed by atoms with E-state index >= 15 is 0 Å². The van der Waals surface area contributed by atoms with Gasteiger partial charge in [-0.3, -0.25) is 9.59 Å². The molecule has 0 fully saturated rings. The summed E-state index contributed by atoms with van der Waals surface area (Å²) in [6.45, 7) is 1.97. The predicted molar refractivity (Wildman–Crippen MR) is 102 cm³/mol. The molecular formula is C17H14Cl4N2O2. The molecule has 0 unspecified atom stereocenters. The first-order chi connectivity index (χ1) is 11.8. The normalized spacial score (nSPS) is 11.7. The van der Waals surface area contributed by atoms with Crippen molar-refractivity contribution in [3.63, 3.8) is 0 Å². The minimum absolute atomic E-state index is 0.217. The number of nitrogens with one attached hydrogen (secondary N) is 2. The standard InChI is InChI=1S/C17H14Cl4N2O2/c1-9(23-17(25)13-5-3-11(19)7-15(13)21)8-22-16(24)12-4-2-10(18)6-14(12)20/h2-7,9H,8H2,1H3,(H,22,24)(H,23,25)/t9-/m0/s1. The quantitative estimate of drug-likeness (QED) is 0.727. The van der Waals surface area contributed by atoms with Gasteiger partial charge in [-0.1, -0.05) is 46.4 Å². The fourth-order valence-corrected chi connectivity index (χ4v) is 3.03. The minimum atomic E-state index is -0.354. The highest BCUT2D eigenvalue weighted by Crippen LogP contribution is 2.21. The third-order valence-corrected chi connectivity index (χ3v) is 4.39. The van der Waals surface area contributed by atoms with E-state index in [1.165, 1.54) is 18.2 Å². The van der Waals surface area contributed by atoms with Crippen molar-refractivity contribution in [3.05, 3.63) is 67.6 Å². The summed E-state index contributed by atoms with van der Waals surface area (Å²) in [6, 6.07) is 8.90. The lowest BCUT2D eigenvalue weighted by molar-refractivity contribution is 0.0912. The van der Waals surface area contributed by atoms with Crippen molar-refractivity contribution < 1.29 is 9.59 Å². The number of halogens is 4. The molecule has 0 spiro atoms. The molecule has 25 heavy (non-hydrogen) atoms. The van der Waals surface area contributed by atoms with E-state index in [-0.39, 0.29) is 34.4 Å². The maximum Gasteiger partial charge on any atom is 0.253 e. The van der Waals surface area contributed by atoms with E-state index in [1.807, 2.05) is 0 Å². The largest absolute Gasteiger partial charge is 0.350 e. The Labute approximate surface area is 165 Å². The number of carbonyl (C=O) groups is 2. The molecule has 0 saturated heterocycles. The van der Waals surface area contributed by atoms with Gasteiger partial charge in [0.05, 0.1) is 21.2 Å². The van der Waals surface area contributed by atoms with Crippen LogP contribution >= 0.6 is 46.4 Å². The lowest BCUT2D eigenvalue weighted by atomic mass is 10.2. The molecule has 4 nitrogen and oxygen atoms in total. The minimum Gasteiger partial charge on any atom is -0.350 e. The first kappa shape index (κ1) is 19.9. The van der Waals surface area contributed by atoms with Crippen LogP contribution < -0.4 is 10.6 Å². The van der Waals surface area contributed by atoms with E-state index in [2.05, 4.69) is 10.6 Å². The van der Waals surface area contributed by atoms with Gasteiger partial charge in [0.2, 0.25) is 0 Å². The topological polar surface area (TPSA) is 58.2 Å². The van der Waals surface area contributed by atoms with Gasteiger partial charge in [0.25, 0.3) is 11.8 Å². The van der Waals surface area contributed by atoms with Gasteiger partial charge in [0.15, 0.2) is 0 Å². The molecule has 0 saturated carbocycles. The summed E-state index contributed by atoms with van der Waals surface area (Å²) in [4.78, 5) is 24.3. The van der Waals surface area contributed by atoms with Crippen molar-refractivity contribution in [1.29, 1.82) is 0 Å². The Bertz CT molecular complexity index is 811. The van der Waals surface area contributed by atoms with Crippen LogP contribution in [0.1, 0.15) is 27.6 Å². The van der Waals surface area contributed by atoms with Gasteiger partial charge < -0.3 is 10.6 Å². The second-order valence-electron chi connectivity index (χ2n) is 5.33. The molecule has 8 heteroatoms. The molecule has 2 aromatic carbocycles. The van der Waals surface area contributed by atoms with Crippen molar-refractivity contribution in [3.8, 4) is 0 Å². The van der Waals surface area contributed by atoms with E-state index in [4.69, 9.17) is 46.4 Å². The van der Waals surface area contributed by atoms with Crippen molar-refractivity contribution in [2.75, 3.05) is 6.54 Å². The first-order valence-corrected chi connectivity index (χ1v) is 8.78. The number of hydrogen-bond donors (Lipinski definition) is 2. The van der Waals surface area contributed by atoms with Crippen LogP contribution in [0.5, 0.6) is 0 Å². The van der Waals surface area contributed by atoms with Crippen LogP contribution in [0.25, 0.3) is 0 Å². The van der Waals surface area contributed by atoms with Crippen molar-refractivity contribution in [2.45, 2.75) is 13.0 Å². The lowest BCUT2D eigenvalue weighted by Gasteiger charge is -2.16. The maximum atomic E-state index is 12.2. The van der Waals surface area contributed by atoms with Gasteiger partial charge in [-0.2, -0.15) is 0 Å². The Hall–Kier alpha value is -1.46. The zero-order valence-corrected chi connectivity index (χ0v) is 16.1. The zero-order valence-electron chi connectivity index (χ0n) is 13.1. The van der Waals surface area contributed by atoms with Crippen LogP contribution in [0.2, 0.25) is 20.1 Å². The van der Waals surface area contributed by atoms with E-state index in [0.717, 1.165) is 0 Å². The molecule has 2 aromatic rings. The summed E-state index contributed by atoms with van der Waals surface area (Å²) in [5.74, 6) is -0.708. The highest BCUT2D eigenvalue weighted by atomic mass is 35.5.